The number of hydrogen-bond acceptors (Lipinski definition) is 3. The Balaban J connectivity index is 0.000000402. The van der Waals surface area contributed by atoms with Crippen LogP contribution >= 0.6 is 0 Å². The van der Waals surface area contributed by atoms with Crippen molar-refractivity contribution >= 4 is 10.9 Å². The molecular weight excluding hydrogens is 298 g/mol. The Morgan fingerprint density at radius 3 is 2.08 bits per heavy atom. The zero-order valence-electron chi connectivity index (χ0n) is 16.2. The fraction of sp³-hybridized carbons (Fsp3) is 0.550. The quantitative estimate of drug-likeness (QED) is 0.620. The fourth-order valence-electron chi connectivity index (χ4n) is 2.71. The number of nitrogens with two attached hydrogens (primary N) is 1. The van der Waals surface area contributed by atoms with E-state index in [1.54, 1.807) is 7.11 Å². The van der Waals surface area contributed by atoms with Crippen molar-refractivity contribution in [3.8, 4) is 0 Å². The predicted molar refractivity (Wildman–Crippen MR) is 105 cm³/mol. The lowest BCUT2D eigenvalue weighted by Crippen LogP contribution is -2.48. The van der Waals surface area contributed by atoms with Gasteiger partial charge in [0.05, 0.1) is 38.3 Å². The molecule has 1 aromatic carbocycles. The van der Waals surface area contributed by atoms with Gasteiger partial charge < -0.3 is 15.0 Å². The minimum Gasteiger partial charge on any atom is -0.384 e. The summed E-state index contributed by atoms with van der Waals surface area (Å²) in [5, 5.41) is 1.20. The second kappa shape index (κ2) is 13.9. The Bertz CT molecular complexity index is 453. The third-order valence-corrected chi connectivity index (χ3v) is 4.51. The highest BCUT2D eigenvalue weighted by Crippen LogP contribution is 2.08. The van der Waals surface area contributed by atoms with Crippen molar-refractivity contribution in [1.82, 2.24) is 4.98 Å². The molecule has 0 radical (unpaired) electrons. The summed E-state index contributed by atoms with van der Waals surface area (Å²) in [5.41, 5.74) is 5.56. The van der Waals surface area contributed by atoms with Crippen LogP contribution in [0, 0.1) is 0 Å². The first-order chi connectivity index (χ1) is 11.7. The Labute approximate surface area is 148 Å². The number of benzene rings is 1. The molecule has 4 heteroatoms. The third-order valence-electron chi connectivity index (χ3n) is 4.51. The van der Waals surface area contributed by atoms with Crippen molar-refractivity contribution in [2.24, 2.45) is 5.73 Å². The highest BCUT2D eigenvalue weighted by atomic mass is 16.5. The van der Waals surface area contributed by atoms with Gasteiger partial charge in [-0.1, -0.05) is 24.3 Å². The predicted octanol–water partition coefficient (Wildman–Crippen LogP) is 3.71. The molecule has 0 unspecified atom stereocenters. The number of nitrogens with zero attached hydrogens (tertiary/aromatic N) is 2. The summed E-state index contributed by atoms with van der Waals surface area (Å²) >= 11 is 0. The second-order valence-electron chi connectivity index (χ2n) is 5.56. The second-order valence-corrected chi connectivity index (χ2v) is 5.56. The summed E-state index contributed by atoms with van der Waals surface area (Å²) in [6, 6.07) is 12.1. The molecule has 0 aliphatic heterocycles. The molecule has 0 aliphatic rings. The fourth-order valence-corrected chi connectivity index (χ4v) is 2.71. The van der Waals surface area contributed by atoms with Crippen LogP contribution in [0.25, 0.3) is 10.9 Å². The van der Waals surface area contributed by atoms with Crippen LogP contribution in [-0.2, 0) is 4.74 Å². The summed E-state index contributed by atoms with van der Waals surface area (Å²) < 4.78 is 6.30. The highest BCUT2D eigenvalue weighted by Gasteiger charge is 2.19. The Morgan fingerprint density at radius 2 is 1.54 bits per heavy atom. The van der Waals surface area contributed by atoms with E-state index in [1.807, 2.05) is 30.5 Å². The molecule has 2 rings (SSSR count). The van der Waals surface area contributed by atoms with E-state index in [-0.39, 0.29) is 0 Å². The number of quaternary nitrogens is 1. The first-order valence-corrected chi connectivity index (χ1v) is 8.93. The Kier molecular flexibility index (Phi) is 13.0. The smallest absolute Gasteiger partial charge is 0.0808 e. The Hall–Kier alpha value is -1.49. The zero-order valence-corrected chi connectivity index (χ0v) is 16.2. The SMILES string of the molecule is CC[N+](CC)(CC)CCCOC.CN.c1ccc2ncccc2c1. The summed E-state index contributed by atoms with van der Waals surface area (Å²) in [7, 11) is 3.28. The lowest BCUT2D eigenvalue weighted by molar-refractivity contribution is -0.923. The first-order valence-electron chi connectivity index (χ1n) is 8.93. The van der Waals surface area contributed by atoms with Crippen molar-refractivity contribution in [3.05, 3.63) is 42.6 Å². The molecule has 0 saturated carbocycles. The maximum absolute atomic E-state index is 5.06. The minimum atomic E-state index is 0.903. The van der Waals surface area contributed by atoms with E-state index < -0.39 is 0 Å². The van der Waals surface area contributed by atoms with Crippen molar-refractivity contribution in [3.63, 3.8) is 0 Å². The van der Waals surface area contributed by atoms with Gasteiger partial charge in [0.25, 0.3) is 0 Å². The molecule has 1 aromatic heterocycles. The van der Waals surface area contributed by atoms with Gasteiger partial charge in [-0.05, 0) is 40.0 Å². The Morgan fingerprint density at radius 1 is 0.958 bits per heavy atom. The van der Waals surface area contributed by atoms with E-state index in [4.69, 9.17) is 4.74 Å². The summed E-state index contributed by atoms with van der Waals surface area (Å²) in [4.78, 5) is 4.18. The molecule has 4 nitrogen and oxygen atoms in total. The molecule has 0 saturated heterocycles. The number of hydrogen-bond donors (Lipinski definition) is 1. The average Bonchev–Trinajstić information content (AvgIpc) is 2.68. The first kappa shape index (κ1) is 22.5. The molecule has 24 heavy (non-hydrogen) atoms. The third kappa shape index (κ3) is 7.86. The number of pyridine rings is 1. The van der Waals surface area contributed by atoms with Crippen LogP contribution in [0.1, 0.15) is 27.2 Å². The number of para-hydroxylation sites is 1. The number of methoxy groups -OCH3 is 1. The monoisotopic (exact) mass is 334 g/mol. The molecule has 0 atom stereocenters. The maximum Gasteiger partial charge on any atom is 0.0808 e. The van der Waals surface area contributed by atoms with E-state index in [0.29, 0.717) is 0 Å². The van der Waals surface area contributed by atoms with Crippen LogP contribution in [-0.4, -0.2) is 56.4 Å². The van der Waals surface area contributed by atoms with Gasteiger partial charge in [-0.2, -0.15) is 0 Å². The normalized spacial score (nSPS) is 10.4. The molecule has 0 spiro atoms. The van der Waals surface area contributed by atoms with Crippen LogP contribution in [0.4, 0.5) is 0 Å². The molecule has 2 N–H and O–H groups in total. The number of ether oxygens (including phenoxy) is 1. The maximum atomic E-state index is 5.06. The number of fused-ring (bicyclic) bond motifs is 1. The van der Waals surface area contributed by atoms with Crippen molar-refractivity contribution < 1.29 is 9.22 Å². The van der Waals surface area contributed by atoms with Gasteiger partial charge in [0.1, 0.15) is 0 Å². The van der Waals surface area contributed by atoms with Gasteiger partial charge in [0.2, 0.25) is 0 Å². The van der Waals surface area contributed by atoms with Crippen LogP contribution in [0.3, 0.4) is 0 Å². The average molecular weight is 335 g/mol. The van der Waals surface area contributed by atoms with E-state index in [0.717, 1.165) is 12.1 Å². The minimum absolute atomic E-state index is 0.903. The number of aromatic nitrogens is 1. The topological polar surface area (TPSA) is 48.1 Å². The molecule has 0 fully saturated rings. The van der Waals surface area contributed by atoms with Gasteiger partial charge in [-0.25, -0.2) is 0 Å². The van der Waals surface area contributed by atoms with Gasteiger partial charge in [-0.3, -0.25) is 4.98 Å². The van der Waals surface area contributed by atoms with Gasteiger partial charge in [-0.15, -0.1) is 0 Å². The largest absolute Gasteiger partial charge is 0.384 e. The lowest BCUT2D eigenvalue weighted by Gasteiger charge is -2.35. The van der Waals surface area contributed by atoms with Crippen LogP contribution in [0.5, 0.6) is 0 Å². The molecule has 136 valence electrons. The summed E-state index contributed by atoms with van der Waals surface area (Å²) in [6.45, 7) is 12.7. The van der Waals surface area contributed by atoms with E-state index in [2.05, 4.69) is 43.6 Å². The molecule has 0 amide bonds. The molecule has 0 aliphatic carbocycles. The van der Waals surface area contributed by atoms with Gasteiger partial charge >= 0.3 is 0 Å². The molecular formula is C20H36N3O+. The van der Waals surface area contributed by atoms with Crippen LogP contribution in [0.2, 0.25) is 0 Å². The molecule has 1 heterocycles. The van der Waals surface area contributed by atoms with E-state index >= 15 is 0 Å². The van der Waals surface area contributed by atoms with E-state index in [9.17, 15) is 0 Å². The standard InChI is InChI=1S/C10H24NO.C9H7N.CH5N/c1-5-11(6-2,7-3)9-8-10-12-4;1-2-6-9-8(4-1)5-3-7-10-9;1-2/h5-10H2,1-4H3;1-7H;2H2,1H3/q+1;;. The van der Waals surface area contributed by atoms with Crippen molar-refractivity contribution in [1.29, 1.82) is 0 Å². The van der Waals surface area contributed by atoms with Crippen LogP contribution < -0.4 is 5.73 Å². The van der Waals surface area contributed by atoms with E-state index in [1.165, 1.54) is 49.5 Å². The number of rotatable bonds is 7. The van der Waals surface area contributed by atoms with Gasteiger partial charge in [0, 0.05) is 25.1 Å². The summed E-state index contributed by atoms with van der Waals surface area (Å²) in [6.07, 6.45) is 2.99. The van der Waals surface area contributed by atoms with Crippen molar-refractivity contribution in [2.75, 3.05) is 46.9 Å². The van der Waals surface area contributed by atoms with Gasteiger partial charge in [0.15, 0.2) is 0 Å². The molecule has 0 bridgehead atoms. The van der Waals surface area contributed by atoms with Crippen molar-refractivity contribution in [2.45, 2.75) is 27.2 Å². The molecule has 2 aromatic rings. The summed E-state index contributed by atoms with van der Waals surface area (Å²) in [5.74, 6) is 0. The zero-order chi connectivity index (χ0) is 18.3. The lowest BCUT2D eigenvalue weighted by atomic mass is 10.2. The van der Waals surface area contributed by atoms with Crippen LogP contribution in [0.15, 0.2) is 42.6 Å². The highest BCUT2D eigenvalue weighted by molar-refractivity contribution is 5.77.